The van der Waals surface area contributed by atoms with E-state index in [2.05, 4.69) is 5.32 Å². The Kier molecular flexibility index (Phi) is 4.60. The van der Waals surface area contributed by atoms with Gasteiger partial charge in [0.25, 0.3) is 0 Å². The monoisotopic (exact) mass is 379 g/mol. The van der Waals surface area contributed by atoms with E-state index >= 15 is 0 Å². The molecule has 0 radical (unpaired) electrons. The predicted octanol–water partition coefficient (Wildman–Crippen LogP) is 4.90. The van der Waals surface area contributed by atoms with E-state index in [-0.39, 0.29) is 17.5 Å². The van der Waals surface area contributed by atoms with Crippen LogP contribution in [0, 0.1) is 26.6 Å². The maximum Gasteiger partial charge on any atom is 0.235 e. The van der Waals surface area contributed by atoms with Gasteiger partial charge in [-0.05, 0) is 79.1 Å². The minimum absolute atomic E-state index is 0.0253. The van der Waals surface area contributed by atoms with Crippen LogP contribution in [0.2, 0.25) is 0 Å². The number of halogens is 1. The number of carbonyl (C=O) groups excluding carboxylic acids is 2. The van der Waals surface area contributed by atoms with Crippen molar-refractivity contribution in [2.24, 2.45) is 0 Å². The third kappa shape index (κ3) is 2.86. The van der Waals surface area contributed by atoms with Crippen molar-refractivity contribution in [3.05, 3.63) is 58.4 Å². The second-order valence-electron chi connectivity index (χ2n) is 8.36. The van der Waals surface area contributed by atoms with E-state index in [0.29, 0.717) is 0 Å². The van der Waals surface area contributed by atoms with Gasteiger partial charge in [0.15, 0.2) is 5.78 Å². The molecule has 1 N–H and O–H groups in total. The maximum absolute atomic E-state index is 13.4. The second-order valence-corrected chi connectivity index (χ2v) is 8.36. The van der Waals surface area contributed by atoms with Crippen LogP contribution < -0.4 is 5.32 Å². The highest BCUT2D eigenvalue weighted by Crippen LogP contribution is 2.43. The Morgan fingerprint density at radius 2 is 1.61 bits per heavy atom. The number of ketones is 1. The van der Waals surface area contributed by atoms with Crippen LogP contribution >= 0.6 is 0 Å². The van der Waals surface area contributed by atoms with Crippen molar-refractivity contribution in [2.45, 2.75) is 64.3 Å². The molecule has 1 saturated carbocycles. The zero-order valence-corrected chi connectivity index (χ0v) is 16.7. The summed E-state index contributed by atoms with van der Waals surface area (Å²) in [7, 11) is 0. The van der Waals surface area contributed by atoms with Gasteiger partial charge in [-0.1, -0.05) is 37.5 Å². The maximum atomic E-state index is 13.4. The molecule has 1 saturated heterocycles. The zero-order valence-electron chi connectivity index (χ0n) is 16.7. The van der Waals surface area contributed by atoms with Gasteiger partial charge in [-0.3, -0.25) is 9.59 Å². The van der Waals surface area contributed by atoms with E-state index in [1.165, 1.54) is 12.1 Å². The van der Waals surface area contributed by atoms with Crippen molar-refractivity contribution >= 4 is 11.7 Å². The van der Waals surface area contributed by atoms with Gasteiger partial charge < -0.3 is 5.32 Å². The lowest BCUT2D eigenvalue weighted by atomic mass is 9.75. The molecule has 28 heavy (non-hydrogen) atoms. The van der Waals surface area contributed by atoms with Crippen LogP contribution in [0.3, 0.4) is 0 Å². The molecule has 1 atom stereocenters. The molecule has 3 nitrogen and oxygen atoms in total. The molecule has 146 valence electrons. The van der Waals surface area contributed by atoms with Crippen LogP contribution in [-0.4, -0.2) is 17.2 Å². The lowest BCUT2D eigenvalue weighted by Gasteiger charge is -2.31. The predicted molar refractivity (Wildman–Crippen MR) is 108 cm³/mol. The molecule has 1 heterocycles. The highest BCUT2D eigenvalue weighted by Gasteiger charge is 2.53. The average Bonchev–Trinajstić information content (AvgIpc) is 2.88. The first kappa shape index (κ1) is 18.9. The Labute approximate surface area is 165 Å². The fraction of sp³-hybridized carbons (Fsp3) is 0.417. The van der Waals surface area contributed by atoms with Crippen molar-refractivity contribution < 1.29 is 14.0 Å². The Balaban J connectivity index is 1.84. The van der Waals surface area contributed by atoms with E-state index in [0.717, 1.165) is 65.5 Å². The van der Waals surface area contributed by atoms with Crippen molar-refractivity contribution in [3.63, 3.8) is 0 Å². The molecule has 1 unspecified atom stereocenters. The standard InChI is InChI=1S/C24H26FNO2/c1-14-13-15(2)20(16(3)19(14)17-7-9-18(25)10-8-17)21-22(27)24(26-23(21)28)11-5-4-6-12-24/h7-10,13,21H,4-6,11-12H2,1-3H3,(H,26,28). The third-order valence-electron chi connectivity index (χ3n) is 6.52. The molecule has 1 aliphatic carbocycles. The first-order valence-corrected chi connectivity index (χ1v) is 10.1. The third-order valence-corrected chi connectivity index (χ3v) is 6.52. The number of hydrogen-bond acceptors (Lipinski definition) is 2. The van der Waals surface area contributed by atoms with Crippen LogP contribution in [-0.2, 0) is 9.59 Å². The summed E-state index contributed by atoms with van der Waals surface area (Å²) in [6.45, 7) is 5.96. The summed E-state index contributed by atoms with van der Waals surface area (Å²) in [5, 5.41) is 3.07. The molecule has 2 fully saturated rings. The first-order valence-electron chi connectivity index (χ1n) is 10.1. The molecular weight excluding hydrogens is 353 g/mol. The Morgan fingerprint density at radius 1 is 0.964 bits per heavy atom. The number of rotatable bonds is 2. The van der Waals surface area contributed by atoms with Gasteiger partial charge in [0.1, 0.15) is 11.7 Å². The Bertz CT molecular complexity index is 956. The number of hydrogen-bond donors (Lipinski definition) is 1. The number of Topliss-reactive ketones (excluding diaryl/α,β-unsaturated/α-hetero) is 1. The van der Waals surface area contributed by atoms with E-state index < -0.39 is 11.5 Å². The van der Waals surface area contributed by atoms with Crippen LogP contribution in [0.15, 0.2) is 30.3 Å². The van der Waals surface area contributed by atoms with Gasteiger partial charge in [-0.15, -0.1) is 0 Å². The fourth-order valence-corrected chi connectivity index (χ4v) is 5.26. The Hall–Kier alpha value is -2.49. The van der Waals surface area contributed by atoms with Crippen molar-refractivity contribution in [1.29, 1.82) is 0 Å². The Morgan fingerprint density at radius 3 is 2.25 bits per heavy atom. The number of amides is 1. The molecular formula is C24H26FNO2. The van der Waals surface area contributed by atoms with E-state index in [9.17, 15) is 14.0 Å². The molecule has 1 aliphatic heterocycles. The molecule has 0 bridgehead atoms. The smallest absolute Gasteiger partial charge is 0.235 e. The molecule has 1 amide bonds. The summed E-state index contributed by atoms with van der Waals surface area (Å²) in [5.41, 5.74) is 4.97. The molecule has 4 heteroatoms. The van der Waals surface area contributed by atoms with Crippen LogP contribution in [0.5, 0.6) is 0 Å². The van der Waals surface area contributed by atoms with Gasteiger partial charge in [0, 0.05) is 0 Å². The minimum atomic E-state index is -0.752. The quantitative estimate of drug-likeness (QED) is 0.754. The van der Waals surface area contributed by atoms with Crippen LogP contribution in [0.25, 0.3) is 11.1 Å². The molecule has 2 aromatic rings. The highest BCUT2D eigenvalue weighted by atomic mass is 19.1. The fourth-order valence-electron chi connectivity index (χ4n) is 5.26. The number of benzene rings is 2. The summed E-state index contributed by atoms with van der Waals surface area (Å²) < 4.78 is 13.4. The SMILES string of the molecule is Cc1cc(C)c(C2C(=O)NC3(CCCCC3)C2=O)c(C)c1-c1ccc(F)cc1. The molecule has 2 aromatic carbocycles. The normalized spacial score (nSPS) is 21.2. The highest BCUT2D eigenvalue weighted by molar-refractivity contribution is 6.17. The number of aryl methyl sites for hydroxylation is 2. The lowest BCUT2D eigenvalue weighted by molar-refractivity contribution is -0.125. The van der Waals surface area contributed by atoms with Gasteiger partial charge in [-0.25, -0.2) is 4.39 Å². The summed E-state index contributed by atoms with van der Waals surface area (Å²) in [6.07, 6.45) is 4.55. The largest absolute Gasteiger partial charge is 0.343 e. The van der Waals surface area contributed by atoms with E-state index in [4.69, 9.17) is 0 Å². The summed E-state index contributed by atoms with van der Waals surface area (Å²) in [4.78, 5) is 26.4. The summed E-state index contributed by atoms with van der Waals surface area (Å²) in [5.74, 6) is -1.18. The molecule has 0 aromatic heterocycles. The van der Waals surface area contributed by atoms with Crippen LogP contribution in [0.4, 0.5) is 4.39 Å². The number of nitrogens with one attached hydrogen (secondary N) is 1. The van der Waals surface area contributed by atoms with E-state index in [1.54, 1.807) is 12.1 Å². The van der Waals surface area contributed by atoms with Gasteiger partial charge in [-0.2, -0.15) is 0 Å². The van der Waals surface area contributed by atoms with E-state index in [1.807, 2.05) is 26.8 Å². The summed E-state index contributed by atoms with van der Waals surface area (Å²) in [6, 6.07) is 8.43. The average molecular weight is 379 g/mol. The topological polar surface area (TPSA) is 46.2 Å². The number of carbonyl (C=O) groups is 2. The summed E-state index contributed by atoms with van der Waals surface area (Å²) >= 11 is 0. The second kappa shape index (κ2) is 6.84. The van der Waals surface area contributed by atoms with Gasteiger partial charge in [0.2, 0.25) is 5.91 Å². The molecule has 4 rings (SSSR count). The molecule has 2 aliphatic rings. The first-order chi connectivity index (χ1) is 13.3. The molecule has 1 spiro atoms. The zero-order chi connectivity index (χ0) is 20.1. The van der Waals surface area contributed by atoms with Crippen molar-refractivity contribution in [2.75, 3.05) is 0 Å². The van der Waals surface area contributed by atoms with Crippen molar-refractivity contribution in [3.8, 4) is 11.1 Å². The minimum Gasteiger partial charge on any atom is -0.343 e. The van der Waals surface area contributed by atoms with Crippen LogP contribution in [0.1, 0.15) is 60.3 Å². The van der Waals surface area contributed by atoms with Gasteiger partial charge in [0.05, 0.1) is 5.54 Å². The lowest BCUT2D eigenvalue weighted by Crippen LogP contribution is -2.47. The van der Waals surface area contributed by atoms with Crippen molar-refractivity contribution in [1.82, 2.24) is 5.32 Å². The van der Waals surface area contributed by atoms with Gasteiger partial charge >= 0.3 is 0 Å².